The maximum absolute atomic E-state index is 13.5. The molecule has 3 fully saturated rings. The number of aromatic nitrogens is 2. The van der Waals surface area contributed by atoms with Crippen LogP contribution in [0.15, 0.2) is 22.1 Å². The number of benzene rings is 1. The van der Waals surface area contributed by atoms with Crippen LogP contribution in [0.3, 0.4) is 0 Å². The number of fused-ring (bicyclic) bond motifs is 3. The van der Waals surface area contributed by atoms with E-state index >= 15 is 0 Å². The summed E-state index contributed by atoms with van der Waals surface area (Å²) in [5, 5.41) is 2.33. The average molecular weight is 541 g/mol. The number of carbonyl (C=O) groups excluding carboxylic acids is 1. The number of alkyl halides is 3. The van der Waals surface area contributed by atoms with Crippen molar-refractivity contribution in [3.05, 3.63) is 23.2 Å². The van der Waals surface area contributed by atoms with Crippen LogP contribution in [0.25, 0.3) is 21.7 Å². The first-order chi connectivity index (χ1) is 17.3. The molecule has 0 spiro atoms. The topological polar surface area (TPSA) is 90.2 Å². The summed E-state index contributed by atoms with van der Waals surface area (Å²) in [5.74, 6) is -0.468. The van der Waals surface area contributed by atoms with Crippen LogP contribution in [0.1, 0.15) is 45.8 Å². The second-order valence-corrected chi connectivity index (χ2v) is 11.0. The van der Waals surface area contributed by atoms with E-state index in [2.05, 4.69) is 14.7 Å². The number of anilines is 1. The van der Waals surface area contributed by atoms with Crippen LogP contribution in [0, 0.1) is 0 Å². The number of piperazine rings is 1. The lowest BCUT2D eigenvalue weighted by atomic mass is 9.88. The van der Waals surface area contributed by atoms with Gasteiger partial charge in [-0.05, 0) is 40.2 Å². The highest BCUT2D eigenvalue weighted by Crippen LogP contribution is 2.45. The third-order valence-electron chi connectivity index (χ3n) is 6.38. The highest BCUT2D eigenvalue weighted by atomic mass is 32.1. The highest BCUT2D eigenvalue weighted by molar-refractivity contribution is 7.13. The quantitative estimate of drug-likeness (QED) is 0.404. The normalized spacial score (nSPS) is 20.6. The number of halogens is 3. The summed E-state index contributed by atoms with van der Waals surface area (Å²) in [4.78, 5) is 25.0. The van der Waals surface area contributed by atoms with Crippen LogP contribution < -0.4 is 9.64 Å². The van der Waals surface area contributed by atoms with E-state index in [-0.39, 0.29) is 40.9 Å². The molecule has 3 saturated heterocycles. The van der Waals surface area contributed by atoms with Crippen molar-refractivity contribution >= 4 is 34.5 Å². The maximum atomic E-state index is 13.5. The number of hydrogen-bond donors (Lipinski definition) is 0. The second-order valence-electron chi connectivity index (χ2n) is 10.1. The van der Waals surface area contributed by atoms with Crippen LogP contribution in [0.5, 0.6) is 5.75 Å². The smallest absolute Gasteiger partial charge is 0.444 e. The lowest BCUT2D eigenvalue weighted by molar-refractivity contribution is -0.274. The van der Waals surface area contributed by atoms with Gasteiger partial charge in [0, 0.05) is 37.3 Å². The van der Waals surface area contributed by atoms with Crippen molar-refractivity contribution in [1.82, 2.24) is 14.9 Å². The van der Waals surface area contributed by atoms with E-state index < -0.39 is 23.8 Å². The first-order valence-electron chi connectivity index (χ1n) is 11.8. The first kappa shape index (κ1) is 25.6. The lowest BCUT2D eigenvalue weighted by Gasteiger charge is -2.55. The maximum Gasteiger partial charge on any atom is 0.573 e. The van der Waals surface area contributed by atoms with Gasteiger partial charge in [0.25, 0.3) is 6.01 Å². The van der Waals surface area contributed by atoms with Gasteiger partial charge in [-0.3, -0.25) is 4.90 Å². The molecule has 0 N–H and O–H groups in total. The molecule has 0 saturated carbocycles. The number of methoxy groups -OCH3 is 1. The molecule has 1 amide bonds. The van der Waals surface area contributed by atoms with Crippen molar-refractivity contribution in [2.75, 3.05) is 25.1 Å². The summed E-state index contributed by atoms with van der Waals surface area (Å²) in [7, 11) is 1.40. The fourth-order valence-corrected chi connectivity index (χ4v) is 5.40. The number of hydrogen-bond acceptors (Lipinski definition) is 9. The summed E-state index contributed by atoms with van der Waals surface area (Å²) < 4.78 is 61.8. The summed E-state index contributed by atoms with van der Waals surface area (Å²) in [6.07, 6.45) is -3.64. The van der Waals surface area contributed by atoms with Crippen LogP contribution in [0.4, 0.5) is 24.0 Å². The minimum absolute atomic E-state index is 0.0674. The standard InChI is InChI=1S/C24H27F3N4O5S/c1-12(33-5)15-9-16(20-28-6-7-37-20)18-17(19(15)35-24(25,26)27)29-21(34-18)30-10-13-8-14(11-30)31(13)22(32)36-23(2,3)4/h6-7,9,12-14H,8,10-11H2,1-5H3. The fourth-order valence-electron chi connectivity index (χ4n) is 4.75. The van der Waals surface area contributed by atoms with Gasteiger partial charge >= 0.3 is 12.5 Å². The largest absolute Gasteiger partial charge is 0.573 e. The second kappa shape index (κ2) is 9.05. The van der Waals surface area contributed by atoms with E-state index in [0.717, 1.165) is 6.42 Å². The highest BCUT2D eigenvalue weighted by Gasteiger charge is 2.50. The zero-order valence-corrected chi connectivity index (χ0v) is 21.8. The SMILES string of the molecule is COC(C)c1cc(-c2nccs2)c2oc(N3CC4CC(C3)N4C(=O)OC(C)(C)C)nc2c1OC(F)(F)F. The number of piperidine rings is 1. The first-order valence-corrected chi connectivity index (χ1v) is 12.6. The summed E-state index contributed by atoms with van der Waals surface area (Å²) in [5.41, 5.74) is 0.130. The van der Waals surface area contributed by atoms with E-state index in [9.17, 15) is 18.0 Å². The van der Waals surface area contributed by atoms with Gasteiger partial charge in [-0.25, -0.2) is 9.78 Å². The van der Waals surface area contributed by atoms with Gasteiger partial charge in [-0.15, -0.1) is 24.5 Å². The Morgan fingerprint density at radius 1 is 1.24 bits per heavy atom. The van der Waals surface area contributed by atoms with E-state index in [1.807, 2.05) is 25.7 Å². The van der Waals surface area contributed by atoms with Crippen molar-refractivity contribution < 1.29 is 36.6 Å². The molecule has 37 heavy (non-hydrogen) atoms. The molecule has 5 heterocycles. The molecule has 0 radical (unpaired) electrons. The number of amides is 1. The number of carbonyl (C=O) groups is 1. The molecule has 0 aliphatic carbocycles. The molecule has 1 aromatic carbocycles. The average Bonchev–Trinajstić information content (AvgIpc) is 3.47. The Bertz CT molecular complexity index is 1290. The molecule has 2 bridgehead atoms. The molecule has 3 atom stereocenters. The molecule has 3 aliphatic heterocycles. The molecule has 3 unspecified atom stereocenters. The lowest BCUT2D eigenvalue weighted by Crippen LogP contribution is -2.70. The zero-order valence-electron chi connectivity index (χ0n) is 21.0. The molecule has 200 valence electrons. The van der Waals surface area contributed by atoms with E-state index in [0.29, 0.717) is 23.7 Å². The molecule has 9 nitrogen and oxygen atoms in total. The van der Waals surface area contributed by atoms with Crippen LogP contribution in [0.2, 0.25) is 0 Å². The number of ether oxygens (including phenoxy) is 3. The monoisotopic (exact) mass is 540 g/mol. The van der Waals surface area contributed by atoms with Gasteiger partial charge in [0.2, 0.25) is 0 Å². The van der Waals surface area contributed by atoms with Crippen LogP contribution >= 0.6 is 11.3 Å². The van der Waals surface area contributed by atoms with Gasteiger partial charge in [-0.1, -0.05) is 0 Å². The predicted octanol–water partition coefficient (Wildman–Crippen LogP) is 5.76. The molecule has 3 aromatic rings. The van der Waals surface area contributed by atoms with Gasteiger partial charge < -0.3 is 23.5 Å². The Labute approximate surface area is 215 Å². The Morgan fingerprint density at radius 3 is 2.51 bits per heavy atom. The van der Waals surface area contributed by atoms with Crippen molar-refractivity contribution in [2.24, 2.45) is 0 Å². The fraction of sp³-hybridized carbons (Fsp3) is 0.542. The van der Waals surface area contributed by atoms with Crippen molar-refractivity contribution in [3.63, 3.8) is 0 Å². The minimum Gasteiger partial charge on any atom is -0.444 e. The van der Waals surface area contributed by atoms with E-state index in [1.165, 1.54) is 18.4 Å². The van der Waals surface area contributed by atoms with Gasteiger partial charge in [0.1, 0.15) is 10.6 Å². The van der Waals surface area contributed by atoms with E-state index in [4.69, 9.17) is 13.9 Å². The molecule has 13 heteroatoms. The number of nitrogens with zero attached hydrogens (tertiary/aromatic N) is 4. The van der Waals surface area contributed by atoms with Gasteiger partial charge in [0.05, 0.1) is 23.8 Å². The summed E-state index contributed by atoms with van der Waals surface area (Å²) in [6.45, 7) is 7.87. The molecular formula is C24H27F3N4O5S. The Hall–Kier alpha value is -3.06. The van der Waals surface area contributed by atoms with Gasteiger partial charge in [0.15, 0.2) is 16.8 Å². The summed E-state index contributed by atoms with van der Waals surface area (Å²) in [6, 6.07) is 1.47. The van der Waals surface area contributed by atoms with Crippen LogP contribution in [-0.4, -0.2) is 65.2 Å². The minimum atomic E-state index is -4.95. The van der Waals surface area contributed by atoms with Gasteiger partial charge in [-0.2, -0.15) is 4.98 Å². The zero-order chi connectivity index (χ0) is 26.7. The number of oxazole rings is 1. The third-order valence-corrected chi connectivity index (χ3v) is 7.18. The van der Waals surface area contributed by atoms with Crippen LogP contribution in [-0.2, 0) is 9.47 Å². The van der Waals surface area contributed by atoms with E-state index in [1.54, 1.807) is 29.5 Å². The molecule has 2 aromatic heterocycles. The molecular weight excluding hydrogens is 513 g/mol. The third kappa shape index (κ3) is 4.93. The number of thiazole rings is 1. The van der Waals surface area contributed by atoms with Crippen molar-refractivity contribution in [3.8, 4) is 16.3 Å². The van der Waals surface area contributed by atoms with Crippen molar-refractivity contribution in [2.45, 2.75) is 64.3 Å². The summed E-state index contributed by atoms with van der Waals surface area (Å²) >= 11 is 1.32. The Balaban J connectivity index is 1.54. The Kier molecular flexibility index (Phi) is 6.26. The Morgan fingerprint density at radius 2 is 1.95 bits per heavy atom. The van der Waals surface area contributed by atoms with Crippen molar-refractivity contribution in [1.29, 1.82) is 0 Å². The molecule has 3 aliphatic rings. The molecule has 6 rings (SSSR count). The predicted molar refractivity (Wildman–Crippen MR) is 130 cm³/mol. The number of rotatable bonds is 5.